The number of hydrogen-bond acceptors (Lipinski definition) is 1. The Hall–Kier alpha value is -2.15. The van der Waals surface area contributed by atoms with Crippen LogP contribution in [-0.2, 0) is 0 Å². The minimum Gasteiger partial charge on any atom is -0.256 e. The Bertz CT molecular complexity index is 579. The van der Waals surface area contributed by atoms with Gasteiger partial charge in [-0.1, -0.05) is 36.9 Å². The van der Waals surface area contributed by atoms with Crippen molar-refractivity contribution >= 4 is 11.1 Å². The van der Waals surface area contributed by atoms with Gasteiger partial charge in [0.05, 0.1) is 5.69 Å². The van der Waals surface area contributed by atoms with Gasteiger partial charge in [-0.05, 0) is 34.9 Å². The summed E-state index contributed by atoms with van der Waals surface area (Å²) in [6, 6.07) is 14.3. The first-order valence-corrected chi connectivity index (χ1v) is 5.28. The fraction of sp³-hybridized carbons (Fsp3) is 0. The summed E-state index contributed by atoms with van der Waals surface area (Å²) < 4.78 is 0. The van der Waals surface area contributed by atoms with Crippen molar-refractivity contribution in [1.29, 1.82) is 0 Å². The van der Waals surface area contributed by atoms with E-state index in [0.29, 0.717) is 0 Å². The maximum atomic E-state index is 4.38. The number of fused-ring (bicyclic) bond motifs is 1. The highest BCUT2D eigenvalue weighted by molar-refractivity contribution is 5.99. The third kappa shape index (κ3) is 1.29. The second-order valence-corrected chi connectivity index (χ2v) is 3.84. The van der Waals surface area contributed by atoms with Crippen LogP contribution >= 0.6 is 0 Å². The Balaban J connectivity index is 2.19. The second-order valence-electron chi connectivity index (χ2n) is 3.84. The fourth-order valence-corrected chi connectivity index (χ4v) is 2.06. The molecule has 0 saturated heterocycles. The lowest BCUT2D eigenvalue weighted by molar-refractivity contribution is 1.28. The van der Waals surface area contributed by atoms with Crippen molar-refractivity contribution in [3.63, 3.8) is 0 Å². The van der Waals surface area contributed by atoms with E-state index in [4.69, 9.17) is 0 Å². The molecule has 0 fully saturated rings. The van der Waals surface area contributed by atoms with Crippen LogP contribution < -0.4 is 0 Å². The summed E-state index contributed by atoms with van der Waals surface area (Å²) in [6.07, 6.45) is 3.92. The zero-order chi connectivity index (χ0) is 11.0. The number of aromatic nitrogens is 1. The molecule has 76 valence electrons. The highest BCUT2D eigenvalue weighted by Gasteiger charge is 2.17. The Morgan fingerprint density at radius 1 is 0.875 bits per heavy atom. The number of rotatable bonds is 1. The number of pyridine rings is 1. The molecule has 0 aliphatic heterocycles. The van der Waals surface area contributed by atoms with E-state index in [1.165, 1.54) is 16.7 Å². The third-order valence-electron chi connectivity index (χ3n) is 2.82. The van der Waals surface area contributed by atoms with Crippen molar-refractivity contribution in [1.82, 2.24) is 4.98 Å². The van der Waals surface area contributed by atoms with Gasteiger partial charge in [-0.15, -0.1) is 0 Å². The number of benzene rings is 1. The van der Waals surface area contributed by atoms with Gasteiger partial charge in [0.2, 0.25) is 0 Å². The van der Waals surface area contributed by atoms with Gasteiger partial charge >= 0.3 is 0 Å². The molecule has 1 heterocycles. The van der Waals surface area contributed by atoms with Gasteiger partial charge in [-0.25, -0.2) is 0 Å². The summed E-state index contributed by atoms with van der Waals surface area (Å²) in [5, 5.41) is 0. The minimum absolute atomic E-state index is 1.01. The molecule has 1 aliphatic rings. The average molecular weight is 205 g/mol. The lowest BCUT2D eigenvalue weighted by Crippen LogP contribution is -1.88. The quantitative estimate of drug-likeness (QED) is 0.694. The molecule has 3 rings (SSSR count). The van der Waals surface area contributed by atoms with Crippen molar-refractivity contribution in [2.24, 2.45) is 0 Å². The van der Waals surface area contributed by atoms with Gasteiger partial charge in [-0.2, -0.15) is 0 Å². The van der Waals surface area contributed by atoms with Crippen molar-refractivity contribution in [2.45, 2.75) is 0 Å². The van der Waals surface area contributed by atoms with Crippen LogP contribution in [0, 0.1) is 0 Å². The molecular weight excluding hydrogens is 194 g/mol. The Morgan fingerprint density at radius 3 is 2.38 bits per heavy atom. The molecule has 0 spiro atoms. The molecule has 1 aromatic heterocycles. The van der Waals surface area contributed by atoms with Crippen molar-refractivity contribution in [2.75, 3.05) is 0 Å². The van der Waals surface area contributed by atoms with Crippen molar-refractivity contribution in [3.8, 4) is 0 Å². The molecule has 0 unspecified atom stereocenters. The van der Waals surface area contributed by atoms with Crippen LogP contribution in [0.5, 0.6) is 0 Å². The van der Waals surface area contributed by atoms with E-state index in [0.717, 1.165) is 11.3 Å². The van der Waals surface area contributed by atoms with Crippen LogP contribution in [0.4, 0.5) is 0 Å². The molecule has 0 bridgehead atoms. The molecule has 0 radical (unpaired) electrons. The van der Waals surface area contributed by atoms with Crippen molar-refractivity contribution < 1.29 is 0 Å². The van der Waals surface area contributed by atoms with Gasteiger partial charge in [0.1, 0.15) is 0 Å². The lowest BCUT2D eigenvalue weighted by Gasteiger charge is -2.03. The van der Waals surface area contributed by atoms with Crippen LogP contribution in [0.15, 0.2) is 61.3 Å². The summed E-state index contributed by atoms with van der Waals surface area (Å²) in [5.41, 5.74) is 5.68. The first-order valence-electron chi connectivity index (χ1n) is 5.28. The minimum atomic E-state index is 1.01. The number of hydrogen-bond donors (Lipinski definition) is 0. The first kappa shape index (κ1) is 9.10. The Labute approximate surface area is 94.8 Å². The van der Waals surface area contributed by atoms with Gasteiger partial charge in [-0.3, -0.25) is 4.98 Å². The van der Waals surface area contributed by atoms with E-state index >= 15 is 0 Å². The van der Waals surface area contributed by atoms with Crippen LogP contribution in [0.1, 0.15) is 16.8 Å². The number of nitrogens with zero attached hydrogens (tertiary/aromatic N) is 1. The maximum Gasteiger partial charge on any atom is 0.0708 e. The molecule has 1 aliphatic carbocycles. The maximum absolute atomic E-state index is 4.38. The van der Waals surface area contributed by atoms with Crippen LogP contribution in [-0.4, -0.2) is 4.98 Å². The Kier molecular flexibility index (Phi) is 1.97. The molecule has 1 heteroatoms. The van der Waals surface area contributed by atoms with Gasteiger partial charge in [0, 0.05) is 11.8 Å². The molecule has 1 nitrogen and oxygen atoms in total. The number of allylic oxidation sites excluding steroid dienone is 2. The molecule has 0 amide bonds. The lowest BCUT2D eigenvalue weighted by atomic mass is 10.0. The molecule has 0 atom stereocenters. The predicted octanol–water partition coefficient (Wildman–Crippen LogP) is 3.54. The highest BCUT2D eigenvalue weighted by Crippen LogP contribution is 2.36. The molecule has 0 saturated carbocycles. The second kappa shape index (κ2) is 3.46. The highest BCUT2D eigenvalue weighted by atomic mass is 14.7. The van der Waals surface area contributed by atoms with E-state index in [9.17, 15) is 0 Å². The molecule has 1 aromatic carbocycles. The zero-order valence-corrected chi connectivity index (χ0v) is 8.85. The summed E-state index contributed by atoms with van der Waals surface area (Å²) in [7, 11) is 0. The van der Waals surface area contributed by atoms with Gasteiger partial charge < -0.3 is 0 Å². The van der Waals surface area contributed by atoms with Gasteiger partial charge in [0.25, 0.3) is 0 Å². The molecule has 2 aromatic rings. The predicted molar refractivity (Wildman–Crippen MR) is 66.8 cm³/mol. The van der Waals surface area contributed by atoms with Crippen LogP contribution in [0.3, 0.4) is 0 Å². The average Bonchev–Trinajstić information content (AvgIpc) is 2.69. The smallest absolute Gasteiger partial charge is 0.0708 e. The molecule has 16 heavy (non-hydrogen) atoms. The fourth-order valence-electron chi connectivity index (χ4n) is 2.06. The SMILES string of the molecule is C=C1C=C(c2ccccn2)c2ccccc21. The monoisotopic (exact) mass is 205 g/mol. The summed E-state index contributed by atoms with van der Waals surface area (Å²) in [4.78, 5) is 4.38. The van der Waals surface area contributed by atoms with Crippen LogP contribution in [0.25, 0.3) is 11.1 Å². The summed E-state index contributed by atoms with van der Waals surface area (Å²) >= 11 is 0. The van der Waals surface area contributed by atoms with E-state index in [-0.39, 0.29) is 0 Å². The van der Waals surface area contributed by atoms with E-state index in [2.05, 4.69) is 29.8 Å². The topological polar surface area (TPSA) is 12.9 Å². The largest absolute Gasteiger partial charge is 0.256 e. The van der Waals surface area contributed by atoms with E-state index in [1.54, 1.807) is 0 Å². The third-order valence-corrected chi connectivity index (χ3v) is 2.82. The summed E-state index contributed by atoms with van der Waals surface area (Å²) in [5.74, 6) is 0. The standard InChI is InChI=1S/C15H11N/c1-11-10-14(15-8-4-5-9-16-15)13-7-3-2-6-12(11)13/h2-10H,1H2. The molecular formula is C15H11N. The van der Waals surface area contributed by atoms with Gasteiger partial charge in [0.15, 0.2) is 0 Å². The van der Waals surface area contributed by atoms with E-state index < -0.39 is 0 Å². The van der Waals surface area contributed by atoms with Crippen LogP contribution in [0.2, 0.25) is 0 Å². The van der Waals surface area contributed by atoms with E-state index in [1.807, 2.05) is 36.5 Å². The van der Waals surface area contributed by atoms with Crippen molar-refractivity contribution in [3.05, 3.63) is 78.1 Å². The Morgan fingerprint density at radius 2 is 1.62 bits per heavy atom. The summed E-state index contributed by atoms with van der Waals surface area (Å²) in [6.45, 7) is 4.07. The normalized spacial score (nSPS) is 13.5. The molecule has 0 N–H and O–H groups in total. The first-order chi connectivity index (χ1) is 7.86. The zero-order valence-electron chi connectivity index (χ0n) is 8.85.